The number of hydroxylamine groups is 1. The molecule has 0 aliphatic heterocycles. The molecule has 1 N–H and O–H groups in total. The monoisotopic (exact) mass is 241 g/mol. The van der Waals surface area contributed by atoms with E-state index in [1.807, 2.05) is 0 Å². The number of nitrogens with zero attached hydrogens (tertiary/aromatic N) is 2. The first-order valence-electron chi connectivity index (χ1n) is 5.19. The molecule has 1 aromatic heterocycles. The molecule has 1 heterocycles. The average molecular weight is 242 g/mol. The molecule has 1 aliphatic carbocycles. The Balaban J connectivity index is 1.85. The summed E-state index contributed by atoms with van der Waals surface area (Å²) in [4.78, 5) is 24.4. The Labute approximate surface area is 98.1 Å². The molecule has 0 spiro atoms. The Hall–Kier alpha value is -1.20. The number of rotatable bonds is 3. The lowest BCUT2D eigenvalue weighted by atomic mass is 10.3. The highest BCUT2D eigenvalue weighted by atomic mass is 35.5. The second-order valence-corrected chi connectivity index (χ2v) is 4.07. The van der Waals surface area contributed by atoms with Crippen LogP contribution in [0, 0.1) is 0 Å². The minimum atomic E-state index is -0.393. The molecule has 0 saturated heterocycles. The van der Waals surface area contributed by atoms with Gasteiger partial charge in [-0.1, -0.05) is 24.4 Å². The predicted molar refractivity (Wildman–Crippen MR) is 57.8 cm³/mol. The Morgan fingerprint density at radius 1 is 1.38 bits per heavy atom. The molecule has 0 unspecified atom stereocenters. The van der Waals surface area contributed by atoms with Crippen molar-refractivity contribution in [3.63, 3.8) is 0 Å². The molecule has 1 amide bonds. The van der Waals surface area contributed by atoms with Crippen molar-refractivity contribution in [2.75, 3.05) is 0 Å². The summed E-state index contributed by atoms with van der Waals surface area (Å²) in [6.07, 6.45) is 7.06. The lowest BCUT2D eigenvalue weighted by Crippen LogP contribution is -2.29. The summed E-state index contributed by atoms with van der Waals surface area (Å²) in [5.74, 6) is -0.393. The van der Waals surface area contributed by atoms with Gasteiger partial charge in [-0.2, -0.15) is 0 Å². The fourth-order valence-electron chi connectivity index (χ4n) is 1.62. The number of nitrogens with one attached hydrogen (secondary N) is 1. The van der Waals surface area contributed by atoms with Crippen LogP contribution in [-0.2, 0) is 4.84 Å². The van der Waals surface area contributed by atoms with Gasteiger partial charge in [0.1, 0.15) is 10.8 Å². The van der Waals surface area contributed by atoms with Crippen LogP contribution in [0.4, 0.5) is 0 Å². The van der Waals surface area contributed by atoms with E-state index >= 15 is 0 Å². The van der Waals surface area contributed by atoms with E-state index in [0.29, 0.717) is 0 Å². The zero-order chi connectivity index (χ0) is 11.4. The van der Waals surface area contributed by atoms with E-state index in [1.54, 1.807) is 0 Å². The van der Waals surface area contributed by atoms with Crippen molar-refractivity contribution in [1.29, 1.82) is 0 Å². The van der Waals surface area contributed by atoms with Crippen LogP contribution in [0.5, 0.6) is 0 Å². The SMILES string of the molecule is O=C(NOC1CCCC1)c1cnc(Cl)cn1. The number of carbonyl (C=O) groups is 1. The summed E-state index contributed by atoms with van der Waals surface area (Å²) in [6, 6.07) is 0. The first-order chi connectivity index (χ1) is 7.75. The molecule has 0 radical (unpaired) electrons. The number of amides is 1. The fraction of sp³-hybridized carbons (Fsp3) is 0.500. The summed E-state index contributed by atoms with van der Waals surface area (Å²) in [6.45, 7) is 0. The van der Waals surface area contributed by atoms with Crippen LogP contribution in [0.3, 0.4) is 0 Å². The maximum Gasteiger partial charge on any atom is 0.295 e. The quantitative estimate of drug-likeness (QED) is 0.819. The van der Waals surface area contributed by atoms with Crippen molar-refractivity contribution in [2.45, 2.75) is 31.8 Å². The third-order valence-corrected chi connectivity index (χ3v) is 2.67. The van der Waals surface area contributed by atoms with Crippen LogP contribution in [0.2, 0.25) is 5.15 Å². The predicted octanol–water partition coefficient (Wildman–Crippen LogP) is 1.73. The Kier molecular flexibility index (Phi) is 3.69. The minimum Gasteiger partial charge on any atom is -0.270 e. The van der Waals surface area contributed by atoms with E-state index in [9.17, 15) is 4.79 Å². The van der Waals surface area contributed by atoms with E-state index in [1.165, 1.54) is 12.4 Å². The molecule has 2 rings (SSSR count). The highest BCUT2D eigenvalue weighted by Gasteiger charge is 2.17. The van der Waals surface area contributed by atoms with E-state index < -0.39 is 5.91 Å². The van der Waals surface area contributed by atoms with E-state index in [0.717, 1.165) is 25.7 Å². The van der Waals surface area contributed by atoms with Crippen molar-refractivity contribution >= 4 is 17.5 Å². The van der Waals surface area contributed by atoms with Crippen molar-refractivity contribution in [3.8, 4) is 0 Å². The molecule has 16 heavy (non-hydrogen) atoms. The minimum absolute atomic E-state index is 0.129. The van der Waals surface area contributed by atoms with Crippen molar-refractivity contribution in [2.24, 2.45) is 0 Å². The van der Waals surface area contributed by atoms with Gasteiger partial charge in [0.05, 0.1) is 18.5 Å². The van der Waals surface area contributed by atoms with Gasteiger partial charge in [-0.3, -0.25) is 9.63 Å². The molecule has 0 bridgehead atoms. The van der Waals surface area contributed by atoms with Gasteiger partial charge in [-0.25, -0.2) is 15.4 Å². The lowest BCUT2D eigenvalue weighted by molar-refractivity contribution is -0.0128. The van der Waals surface area contributed by atoms with Crippen LogP contribution >= 0.6 is 11.6 Å². The smallest absolute Gasteiger partial charge is 0.270 e. The largest absolute Gasteiger partial charge is 0.295 e. The van der Waals surface area contributed by atoms with Crippen LogP contribution in [-0.4, -0.2) is 22.0 Å². The van der Waals surface area contributed by atoms with Gasteiger partial charge in [-0.15, -0.1) is 0 Å². The summed E-state index contributed by atoms with van der Waals surface area (Å²) < 4.78 is 0. The fourth-order valence-corrected chi connectivity index (χ4v) is 1.72. The average Bonchev–Trinajstić information content (AvgIpc) is 2.80. The van der Waals surface area contributed by atoms with Crippen LogP contribution in [0.25, 0.3) is 0 Å². The molecule has 86 valence electrons. The van der Waals surface area contributed by atoms with Gasteiger partial charge >= 0.3 is 0 Å². The van der Waals surface area contributed by atoms with Gasteiger partial charge in [-0.05, 0) is 12.8 Å². The number of hydrogen-bond donors (Lipinski definition) is 1. The Morgan fingerprint density at radius 2 is 2.12 bits per heavy atom. The van der Waals surface area contributed by atoms with Crippen LogP contribution in [0.1, 0.15) is 36.2 Å². The first kappa shape index (κ1) is 11.3. The first-order valence-corrected chi connectivity index (χ1v) is 5.57. The van der Waals surface area contributed by atoms with Crippen LogP contribution < -0.4 is 5.48 Å². The van der Waals surface area contributed by atoms with Crippen molar-refractivity contribution < 1.29 is 9.63 Å². The standard InChI is InChI=1S/C10H12ClN3O2/c11-9-6-12-8(5-13-9)10(15)14-16-7-3-1-2-4-7/h5-7H,1-4H2,(H,14,15). The second-order valence-electron chi connectivity index (χ2n) is 3.68. The van der Waals surface area contributed by atoms with Crippen molar-refractivity contribution in [1.82, 2.24) is 15.4 Å². The lowest BCUT2D eigenvalue weighted by Gasteiger charge is -2.10. The Bertz CT molecular complexity index is 363. The van der Waals surface area contributed by atoms with E-state index in [4.69, 9.17) is 16.4 Å². The number of carbonyl (C=O) groups excluding carboxylic acids is 1. The van der Waals surface area contributed by atoms with E-state index in [2.05, 4.69) is 15.4 Å². The molecule has 0 atom stereocenters. The maximum absolute atomic E-state index is 11.5. The summed E-state index contributed by atoms with van der Waals surface area (Å²) in [5, 5.41) is 0.258. The zero-order valence-electron chi connectivity index (χ0n) is 8.65. The van der Waals surface area contributed by atoms with Crippen molar-refractivity contribution in [3.05, 3.63) is 23.2 Å². The van der Waals surface area contributed by atoms with Gasteiger partial charge in [0.2, 0.25) is 0 Å². The van der Waals surface area contributed by atoms with Crippen LogP contribution in [0.15, 0.2) is 12.4 Å². The topological polar surface area (TPSA) is 64.1 Å². The molecule has 1 aliphatic rings. The molecular formula is C10H12ClN3O2. The number of halogens is 1. The van der Waals surface area contributed by atoms with E-state index in [-0.39, 0.29) is 17.0 Å². The van der Waals surface area contributed by atoms with Gasteiger partial charge in [0, 0.05) is 0 Å². The third-order valence-electron chi connectivity index (χ3n) is 2.47. The normalized spacial score (nSPS) is 16.3. The molecule has 6 heteroatoms. The number of hydrogen-bond acceptors (Lipinski definition) is 4. The second kappa shape index (κ2) is 5.23. The highest BCUT2D eigenvalue weighted by Crippen LogP contribution is 2.19. The number of aromatic nitrogens is 2. The van der Waals surface area contributed by atoms with Gasteiger partial charge in [0.15, 0.2) is 0 Å². The highest BCUT2D eigenvalue weighted by molar-refractivity contribution is 6.29. The zero-order valence-corrected chi connectivity index (χ0v) is 9.41. The molecule has 1 aromatic rings. The maximum atomic E-state index is 11.5. The summed E-state index contributed by atoms with van der Waals surface area (Å²) >= 11 is 5.56. The molecule has 1 saturated carbocycles. The summed E-state index contributed by atoms with van der Waals surface area (Å²) in [7, 11) is 0. The Morgan fingerprint density at radius 3 is 2.75 bits per heavy atom. The summed E-state index contributed by atoms with van der Waals surface area (Å²) in [5.41, 5.74) is 2.57. The van der Waals surface area contributed by atoms with Gasteiger partial charge < -0.3 is 0 Å². The van der Waals surface area contributed by atoms with Gasteiger partial charge in [0.25, 0.3) is 5.91 Å². The molecule has 1 fully saturated rings. The molecule has 0 aromatic carbocycles. The molecular weight excluding hydrogens is 230 g/mol. The third kappa shape index (κ3) is 2.90. The molecule has 5 nitrogen and oxygen atoms in total.